The van der Waals surface area contributed by atoms with Crippen LogP contribution in [0, 0.1) is 17.8 Å². The summed E-state index contributed by atoms with van der Waals surface area (Å²) in [5.74, 6) is 2.20. The van der Waals surface area contributed by atoms with E-state index in [1.165, 1.54) is 45.6 Å². The Kier molecular flexibility index (Phi) is 5.31. The molecule has 2 N–H and O–H groups in total. The predicted molar refractivity (Wildman–Crippen MR) is 101 cm³/mol. The third-order valence-electron chi connectivity index (χ3n) is 5.89. The number of carbonyl (C=O) groups excluding carboxylic acids is 1. The summed E-state index contributed by atoms with van der Waals surface area (Å²) in [4.78, 5) is 12.1. The largest absolute Gasteiger partial charge is 0.467 e. The smallest absolute Gasteiger partial charge is 0.330 e. The quantitative estimate of drug-likeness (QED) is 0.575. The highest BCUT2D eigenvalue weighted by molar-refractivity contribution is 7.80. The first-order chi connectivity index (χ1) is 11.7. The molecule has 4 aliphatic rings. The van der Waals surface area contributed by atoms with Gasteiger partial charge in [-0.05, 0) is 89.3 Å². The summed E-state index contributed by atoms with van der Waals surface area (Å²) < 4.78 is 10.7. The zero-order valence-corrected chi connectivity index (χ0v) is 16.7. The summed E-state index contributed by atoms with van der Waals surface area (Å²) in [7, 11) is 1.39. The molecule has 6 heteroatoms. The maximum Gasteiger partial charge on any atom is 0.330 e. The zero-order chi connectivity index (χ0) is 18.2. The van der Waals surface area contributed by atoms with Crippen molar-refractivity contribution in [2.45, 2.75) is 76.5 Å². The normalized spacial score (nSPS) is 34.5. The van der Waals surface area contributed by atoms with E-state index in [2.05, 4.69) is 10.6 Å². The van der Waals surface area contributed by atoms with E-state index in [0.717, 1.165) is 17.8 Å². The van der Waals surface area contributed by atoms with Crippen molar-refractivity contribution in [2.75, 3.05) is 13.7 Å². The van der Waals surface area contributed by atoms with Crippen LogP contribution in [0.25, 0.3) is 0 Å². The third-order valence-corrected chi connectivity index (χ3v) is 6.11. The van der Waals surface area contributed by atoms with Gasteiger partial charge in [0.2, 0.25) is 0 Å². The number of nitrogens with one attached hydrogen (secondary N) is 2. The van der Waals surface area contributed by atoms with Crippen molar-refractivity contribution in [1.82, 2.24) is 10.6 Å². The predicted octanol–water partition coefficient (Wildman–Crippen LogP) is 2.78. The molecule has 0 aliphatic heterocycles. The first kappa shape index (κ1) is 18.9. The van der Waals surface area contributed by atoms with Crippen molar-refractivity contribution in [3.8, 4) is 0 Å². The Labute approximate surface area is 156 Å². The standard InChI is InChI=1S/C19H32N2O3S/c1-18(2,3)24-11-15(16(22)23-4)20-17(25)21-19-8-12-5-13(9-19)7-14(6-12)10-19/h12-15H,5-11H2,1-4H3,(H2,20,21,25). The van der Waals surface area contributed by atoms with E-state index < -0.39 is 6.04 Å². The number of hydrogen-bond acceptors (Lipinski definition) is 4. The molecular formula is C19H32N2O3S. The van der Waals surface area contributed by atoms with Crippen LogP contribution in [0.4, 0.5) is 0 Å². The maximum atomic E-state index is 12.1. The molecule has 25 heavy (non-hydrogen) atoms. The third kappa shape index (κ3) is 4.64. The van der Waals surface area contributed by atoms with E-state index in [-0.39, 0.29) is 23.7 Å². The highest BCUT2D eigenvalue weighted by atomic mass is 32.1. The summed E-state index contributed by atoms with van der Waals surface area (Å²) in [5, 5.41) is 7.27. The molecule has 0 spiro atoms. The molecule has 1 atom stereocenters. The van der Waals surface area contributed by atoms with Crippen molar-refractivity contribution < 1.29 is 14.3 Å². The molecule has 0 aromatic carbocycles. The van der Waals surface area contributed by atoms with Gasteiger partial charge in [0.15, 0.2) is 5.11 Å². The van der Waals surface area contributed by atoms with E-state index in [1.54, 1.807) is 0 Å². The van der Waals surface area contributed by atoms with Gasteiger partial charge in [0.25, 0.3) is 0 Å². The number of ether oxygens (including phenoxy) is 2. The van der Waals surface area contributed by atoms with Crippen LogP contribution in [0.2, 0.25) is 0 Å². The molecule has 4 aliphatic carbocycles. The van der Waals surface area contributed by atoms with E-state index in [9.17, 15) is 4.79 Å². The fraction of sp³-hybridized carbons (Fsp3) is 0.895. The summed E-state index contributed by atoms with van der Waals surface area (Å²) in [5.41, 5.74) is -0.187. The second-order valence-electron chi connectivity index (χ2n) is 9.30. The van der Waals surface area contributed by atoms with E-state index >= 15 is 0 Å². The molecule has 5 nitrogen and oxygen atoms in total. The molecule has 4 bridgehead atoms. The number of esters is 1. The van der Waals surface area contributed by atoms with Crippen LogP contribution in [-0.4, -0.2) is 42.0 Å². The lowest BCUT2D eigenvalue weighted by Crippen LogP contribution is -2.62. The number of thiocarbonyl (C=S) groups is 1. The van der Waals surface area contributed by atoms with Gasteiger partial charge in [-0.2, -0.15) is 0 Å². The van der Waals surface area contributed by atoms with Crippen molar-refractivity contribution in [2.24, 2.45) is 17.8 Å². The van der Waals surface area contributed by atoms with Crippen LogP contribution in [0.1, 0.15) is 59.3 Å². The van der Waals surface area contributed by atoms with Gasteiger partial charge >= 0.3 is 5.97 Å². The molecule has 0 aromatic heterocycles. The molecule has 0 aromatic rings. The Hall–Kier alpha value is -0.880. The highest BCUT2D eigenvalue weighted by Gasteiger charge is 2.51. The molecule has 0 radical (unpaired) electrons. The van der Waals surface area contributed by atoms with Gasteiger partial charge in [0.1, 0.15) is 6.04 Å². The monoisotopic (exact) mass is 368 g/mol. The zero-order valence-electron chi connectivity index (χ0n) is 15.9. The Morgan fingerprint density at radius 1 is 1.16 bits per heavy atom. The maximum absolute atomic E-state index is 12.1. The summed E-state index contributed by atoms with van der Waals surface area (Å²) in [6.07, 6.45) is 7.81. The number of hydrogen-bond donors (Lipinski definition) is 2. The molecule has 0 heterocycles. The van der Waals surface area contributed by atoms with Gasteiger partial charge in [-0.15, -0.1) is 0 Å². The lowest BCUT2D eigenvalue weighted by atomic mass is 9.53. The van der Waals surface area contributed by atoms with Crippen LogP contribution in [0.5, 0.6) is 0 Å². The Bertz CT molecular complexity index is 494. The van der Waals surface area contributed by atoms with Gasteiger partial charge in [0.05, 0.1) is 19.3 Å². The lowest BCUT2D eigenvalue weighted by Gasteiger charge is -2.57. The Balaban J connectivity index is 1.59. The molecule has 4 rings (SSSR count). The number of methoxy groups -OCH3 is 1. The van der Waals surface area contributed by atoms with Crippen LogP contribution in [-0.2, 0) is 14.3 Å². The van der Waals surface area contributed by atoms with Gasteiger partial charge in [0, 0.05) is 5.54 Å². The van der Waals surface area contributed by atoms with Crippen molar-refractivity contribution in [3.63, 3.8) is 0 Å². The lowest BCUT2D eigenvalue weighted by molar-refractivity contribution is -0.145. The summed E-state index contributed by atoms with van der Waals surface area (Å²) in [6, 6.07) is -0.585. The van der Waals surface area contributed by atoms with Gasteiger partial charge in [-0.25, -0.2) is 4.79 Å². The summed E-state index contributed by atoms with van der Waals surface area (Å²) >= 11 is 5.55. The number of carbonyl (C=O) groups is 1. The molecule has 0 amide bonds. The summed E-state index contributed by atoms with van der Waals surface area (Å²) in [6.45, 7) is 6.13. The van der Waals surface area contributed by atoms with Gasteiger partial charge in [-0.1, -0.05) is 0 Å². The van der Waals surface area contributed by atoms with Gasteiger partial charge < -0.3 is 20.1 Å². The Morgan fingerprint density at radius 3 is 2.12 bits per heavy atom. The molecular weight excluding hydrogens is 336 g/mol. The first-order valence-corrected chi connectivity index (χ1v) is 9.89. The second kappa shape index (κ2) is 7.03. The van der Waals surface area contributed by atoms with E-state index in [0.29, 0.717) is 5.11 Å². The minimum Gasteiger partial charge on any atom is -0.467 e. The molecule has 4 saturated carbocycles. The van der Waals surface area contributed by atoms with Crippen molar-refractivity contribution >= 4 is 23.3 Å². The average molecular weight is 369 g/mol. The van der Waals surface area contributed by atoms with Crippen LogP contribution in [0.15, 0.2) is 0 Å². The van der Waals surface area contributed by atoms with E-state index in [1.807, 2.05) is 20.8 Å². The molecule has 0 saturated heterocycles. The van der Waals surface area contributed by atoms with Gasteiger partial charge in [-0.3, -0.25) is 0 Å². The van der Waals surface area contributed by atoms with Crippen molar-refractivity contribution in [3.05, 3.63) is 0 Å². The van der Waals surface area contributed by atoms with Crippen LogP contribution < -0.4 is 10.6 Å². The van der Waals surface area contributed by atoms with Crippen LogP contribution >= 0.6 is 12.2 Å². The minimum absolute atomic E-state index is 0.129. The minimum atomic E-state index is -0.585. The fourth-order valence-electron chi connectivity index (χ4n) is 5.34. The number of rotatable bonds is 5. The van der Waals surface area contributed by atoms with Crippen molar-refractivity contribution in [1.29, 1.82) is 0 Å². The average Bonchev–Trinajstić information content (AvgIpc) is 2.47. The highest BCUT2D eigenvalue weighted by Crippen LogP contribution is 2.55. The molecule has 4 fully saturated rings. The Morgan fingerprint density at radius 2 is 1.68 bits per heavy atom. The topological polar surface area (TPSA) is 59.6 Å². The van der Waals surface area contributed by atoms with Crippen LogP contribution in [0.3, 0.4) is 0 Å². The fourth-order valence-corrected chi connectivity index (χ4v) is 5.70. The molecule has 1 unspecified atom stereocenters. The first-order valence-electron chi connectivity index (χ1n) is 9.48. The van der Waals surface area contributed by atoms with E-state index in [4.69, 9.17) is 21.7 Å². The second-order valence-corrected chi connectivity index (χ2v) is 9.70. The molecule has 142 valence electrons. The SMILES string of the molecule is COC(=O)C(COC(C)(C)C)NC(=S)NC12CC3CC(CC(C3)C1)C2.